The van der Waals surface area contributed by atoms with E-state index in [1.165, 1.54) is 0 Å². The van der Waals surface area contributed by atoms with Crippen molar-refractivity contribution in [1.82, 2.24) is 9.38 Å². The van der Waals surface area contributed by atoms with Gasteiger partial charge in [-0.05, 0) is 47.1 Å². The Balaban J connectivity index is 2.06. The van der Waals surface area contributed by atoms with Crippen LogP contribution in [0, 0.1) is 6.92 Å². The van der Waals surface area contributed by atoms with Crippen LogP contribution in [-0.4, -0.2) is 14.5 Å². The van der Waals surface area contributed by atoms with E-state index in [1.807, 2.05) is 29.7 Å². The zero-order valence-electron chi connectivity index (χ0n) is 10.7. The zero-order valence-corrected chi connectivity index (χ0v) is 12.2. The van der Waals surface area contributed by atoms with E-state index in [1.54, 1.807) is 24.3 Å². The van der Waals surface area contributed by atoms with E-state index in [-0.39, 0.29) is 5.75 Å². The number of aryl methyl sites for hydroxylation is 1. The first-order chi connectivity index (χ1) is 9.63. The lowest BCUT2D eigenvalue weighted by atomic mass is 10.3. The van der Waals surface area contributed by atoms with Crippen molar-refractivity contribution in [2.75, 3.05) is 0 Å². The average Bonchev–Trinajstić information content (AvgIpc) is 2.72. The molecular weight excluding hydrogens is 320 g/mol. The Morgan fingerprint density at radius 2 is 2.05 bits per heavy atom. The highest BCUT2D eigenvalue weighted by molar-refractivity contribution is 9.10. The molecule has 2 heterocycles. The van der Waals surface area contributed by atoms with Crippen LogP contribution in [0.2, 0.25) is 0 Å². The molecule has 0 aliphatic heterocycles. The summed E-state index contributed by atoms with van der Waals surface area (Å²) in [6.07, 6.45) is 1.89. The summed E-state index contributed by atoms with van der Waals surface area (Å²) in [4.78, 5) is 4.42. The largest absolute Gasteiger partial charge is 0.508 e. The summed E-state index contributed by atoms with van der Waals surface area (Å²) in [5.74, 6) is 0.837. The van der Waals surface area contributed by atoms with Crippen LogP contribution in [0.15, 0.2) is 57.3 Å². The van der Waals surface area contributed by atoms with Gasteiger partial charge in [-0.3, -0.25) is 4.40 Å². The summed E-state index contributed by atoms with van der Waals surface area (Å²) < 4.78 is 2.81. The third-order valence-corrected chi connectivity index (χ3v) is 3.28. The summed E-state index contributed by atoms with van der Waals surface area (Å²) in [5.41, 5.74) is 2.21. The number of benzene rings is 1. The number of rotatable bonds is 2. The van der Waals surface area contributed by atoms with Gasteiger partial charge in [-0.1, -0.05) is 6.07 Å². The second-order valence-corrected chi connectivity index (χ2v) is 5.23. The van der Waals surface area contributed by atoms with Crippen molar-refractivity contribution in [1.29, 1.82) is 0 Å². The Labute approximate surface area is 123 Å². The van der Waals surface area contributed by atoms with Gasteiger partial charge in [0.05, 0.1) is 11.4 Å². The molecule has 0 aliphatic rings. The fourth-order valence-electron chi connectivity index (χ4n) is 1.90. The Bertz CT molecular complexity index is 810. The first kappa shape index (κ1) is 12.8. The number of phenols is 1. The molecule has 5 nitrogen and oxygen atoms in total. The van der Waals surface area contributed by atoms with Crippen LogP contribution in [0.4, 0.5) is 11.5 Å². The van der Waals surface area contributed by atoms with E-state index in [0.29, 0.717) is 11.5 Å². The number of hydrogen-bond donors (Lipinski definition) is 1. The molecule has 20 heavy (non-hydrogen) atoms. The SMILES string of the molecule is Cc1nc2ccc(Br)cn2c1N=Nc1cccc(O)c1. The monoisotopic (exact) mass is 330 g/mol. The quantitative estimate of drug-likeness (QED) is 0.702. The predicted molar refractivity (Wildman–Crippen MR) is 79.9 cm³/mol. The van der Waals surface area contributed by atoms with Crippen LogP contribution in [0.3, 0.4) is 0 Å². The molecule has 1 aromatic carbocycles. The van der Waals surface area contributed by atoms with Crippen LogP contribution in [0.5, 0.6) is 5.75 Å². The molecule has 0 atom stereocenters. The Morgan fingerprint density at radius 3 is 2.85 bits per heavy atom. The molecule has 0 aliphatic carbocycles. The predicted octanol–water partition coefficient (Wildman–Crippen LogP) is 4.53. The maximum absolute atomic E-state index is 9.41. The Morgan fingerprint density at radius 1 is 1.20 bits per heavy atom. The van der Waals surface area contributed by atoms with E-state index in [9.17, 15) is 5.11 Å². The van der Waals surface area contributed by atoms with Crippen LogP contribution in [-0.2, 0) is 0 Å². The molecule has 0 fully saturated rings. The summed E-state index contributed by atoms with van der Waals surface area (Å²) in [5, 5.41) is 17.8. The summed E-state index contributed by atoms with van der Waals surface area (Å²) in [6, 6.07) is 10.5. The minimum atomic E-state index is 0.166. The number of hydrogen-bond acceptors (Lipinski definition) is 4. The van der Waals surface area contributed by atoms with Crippen molar-refractivity contribution >= 4 is 33.1 Å². The number of nitrogens with zero attached hydrogens (tertiary/aromatic N) is 4. The number of fused-ring (bicyclic) bond motifs is 1. The smallest absolute Gasteiger partial charge is 0.182 e. The number of azo groups is 1. The first-order valence-electron chi connectivity index (χ1n) is 5.98. The molecule has 3 aromatic rings. The summed E-state index contributed by atoms with van der Waals surface area (Å²) in [7, 11) is 0. The van der Waals surface area contributed by atoms with Crippen LogP contribution in [0.25, 0.3) is 5.65 Å². The van der Waals surface area contributed by atoms with E-state index in [0.717, 1.165) is 15.8 Å². The Kier molecular flexibility index (Phi) is 3.23. The van der Waals surface area contributed by atoms with E-state index in [4.69, 9.17) is 0 Å². The van der Waals surface area contributed by atoms with Crippen molar-refractivity contribution in [3.63, 3.8) is 0 Å². The zero-order chi connectivity index (χ0) is 14.1. The molecule has 100 valence electrons. The van der Waals surface area contributed by atoms with Gasteiger partial charge in [0.25, 0.3) is 0 Å². The second-order valence-electron chi connectivity index (χ2n) is 4.32. The molecule has 0 radical (unpaired) electrons. The summed E-state index contributed by atoms with van der Waals surface area (Å²) >= 11 is 3.43. The minimum absolute atomic E-state index is 0.166. The van der Waals surface area contributed by atoms with Crippen LogP contribution in [0.1, 0.15) is 5.69 Å². The van der Waals surface area contributed by atoms with Crippen LogP contribution < -0.4 is 0 Å². The van der Waals surface area contributed by atoms with Crippen molar-refractivity contribution < 1.29 is 5.11 Å². The highest BCUT2D eigenvalue weighted by Crippen LogP contribution is 2.26. The molecular formula is C14H11BrN4O. The molecule has 0 saturated carbocycles. The van der Waals surface area contributed by atoms with Crippen molar-refractivity contribution in [3.05, 3.63) is 52.8 Å². The van der Waals surface area contributed by atoms with Gasteiger partial charge < -0.3 is 5.11 Å². The molecule has 0 amide bonds. The number of imidazole rings is 1. The van der Waals surface area contributed by atoms with Gasteiger partial charge in [-0.2, -0.15) is 0 Å². The minimum Gasteiger partial charge on any atom is -0.508 e. The van der Waals surface area contributed by atoms with Gasteiger partial charge in [-0.25, -0.2) is 4.98 Å². The fraction of sp³-hybridized carbons (Fsp3) is 0.0714. The molecule has 6 heteroatoms. The molecule has 0 unspecified atom stereocenters. The normalized spacial score (nSPS) is 11.5. The lowest BCUT2D eigenvalue weighted by Gasteiger charge is -1.97. The molecule has 3 rings (SSSR count). The fourth-order valence-corrected chi connectivity index (χ4v) is 2.24. The lowest BCUT2D eigenvalue weighted by Crippen LogP contribution is -1.82. The molecule has 0 bridgehead atoms. The van der Waals surface area contributed by atoms with E-state index < -0.39 is 0 Å². The highest BCUT2D eigenvalue weighted by atomic mass is 79.9. The molecule has 1 N–H and O–H groups in total. The Hall–Kier alpha value is -2.21. The number of aromatic hydroxyl groups is 1. The summed E-state index contributed by atoms with van der Waals surface area (Å²) in [6.45, 7) is 1.89. The number of aromatic nitrogens is 2. The highest BCUT2D eigenvalue weighted by Gasteiger charge is 2.08. The number of pyridine rings is 1. The van der Waals surface area contributed by atoms with Gasteiger partial charge in [0.2, 0.25) is 0 Å². The van der Waals surface area contributed by atoms with Crippen molar-refractivity contribution in [2.45, 2.75) is 6.92 Å². The van der Waals surface area contributed by atoms with E-state index >= 15 is 0 Å². The number of phenolic OH excluding ortho intramolecular Hbond substituents is 1. The van der Waals surface area contributed by atoms with Crippen LogP contribution >= 0.6 is 15.9 Å². The van der Waals surface area contributed by atoms with E-state index in [2.05, 4.69) is 31.1 Å². The van der Waals surface area contributed by atoms with Crippen molar-refractivity contribution in [2.24, 2.45) is 10.2 Å². The topological polar surface area (TPSA) is 62.2 Å². The van der Waals surface area contributed by atoms with Gasteiger partial charge >= 0.3 is 0 Å². The molecule has 0 saturated heterocycles. The maximum atomic E-state index is 9.41. The molecule has 2 aromatic heterocycles. The standard InChI is InChI=1S/C14H11BrN4O/c1-9-14(18-17-11-3-2-4-12(20)7-11)19-8-10(15)5-6-13(19)16-9/h2-8,20H,1H3. The third-order valence-electron chi connectivity index (χ3n) is 2.81. The second kappa shape index (κ2) is 5.05. The first-order valence-corrected chi connectivity index (χ1v) is 6.78. The average molecular weight is 331 g/mol. The van der Waals surface area contributed by atoms with Gasteiger partial charge in [0.15, 0.2) is 5.82 Å². The van der Waals surface area contributed by atoms with Crippen molar-refractivity contribution in [3.8, 4) is 5.75 Å². The van der Waals surface area contributed by atoms with Gasteiger partial charge in [0, 0.05) is 16.7 Å². The van der Waals surface area contributed by atoms with Gasteiger partial charge in [-0.15, -0.1) is 10.2 Å². The van der Waals surface area contributed by atoms with Gasteiger partial charge in [0.1, 0.15) is 11.4 Å². The molecule has 0 spiro atoms. The maximum Gasteiger partial charge on any atom is 0.182 e. The number of halogens is 1. The third kappa shape index (κ3) is 2.42. The lowest BCUT2D eigenvalue weighted by molar-refractivity contribution is 0.475.